The lowest BCUT2D eigenvalue weighted by Gasteiger charge is -2.12. The van der Waals surface area contributed by atoms with E-state index in [4.69, 9.17) is 4.74 Å². The molecule has 0 heterocycles. The van der Waals surface area contributed by atoms with Gasteiger partial charge in [0.25, 0.3) is 5.91 Å². The third-order valence-corrected chi connectivity index (χ3v) is 5.26. The first-order valence-electron chi connectivity index (χ1n) is 8.26. The third-order valence-electron chi connectivity index (χ3n) is 3.89. The molecule has 1 atom stereocenters. The van der Waals surface area contributed by atoms with Crippen LogP contribution < -0.4 is 10.6 Å². The van der Waals surface area contributed by atoms with Gasteiger partial charge < -0.3 is 10.1 Å². The highest BCUT2D eigenvalue weighted by Crippen LogP contribution is 2.17. The SMILES string of the molecule is CC[S@@](=O)c1ccccc1C(=O)OCC(=O)NC(=O)NC1CCCC1. The summed E-state index contributed by atoms with van der Waals surface area (Å²) in [5.41, 5.74) is 0.158. The van der Waals surface area contributed by atoms with Crippen LogP contribution in [0.1, 0.15) is 43.0 Å². The topological polar surface area (TPSA) is 102 Å². The van der Waals surface area contributed by atoms with Crippen LogP contribution in [0.5, 0.6) is 0 Å². The van der Waals surface area contributed by atoms with Gasteiger partial charge in [-0.05, 0) is 25.0 Å². The second-order valence-corrected chi connectivity index (χ2v) is 7.42. The summed E-state index contributed by atoms with van der Waals surface area (Å²) in [6.45, 7) is 1.17. The van der Waals surface area contributed by atoms with E-state index in [9.17, 15) is 18.6 Å². The smallest absolute Gasteiger partial charge is 0.339 e. The van der Waals surface area contributed by atoms with Crippen molar-refractivity contribution >= 4 is 28.7 Å². The van der Waals surface area contributed by atoms with Crippen molar-refractivity contribution in [2.24, 2.45) is 0 Å². The summed E-state index contributed by atoms with van der Waals surface area (Å²) < 4.78 is 16.9. The summed E-state index contributed by atoms with van der Waals surface area (Å²) in [5.74, 6) is -1.09. The minimum atomic E-state index is -1.31. The van der Waals surface area contributed by atoms with Crippen LogP contribution in [0.4, 0.5) is 4.79 Å². The molecule has 0 radical (unpaired) electrons. The highest BCUT2D eigenvalue weighted by molar-refractivity contribution is 7.85. The van der Waals surface area contributed by atoms with Crippen LogP contribution in [0.2, 0.25) is 0 Å². The van der Waals surface area contributed by atoms with Crippen LogP contribution >= 0.6 is 0 Å². The number of nitrogens with one attached hydrogen (secondary N) is 2. The van der Waals surface area contributed by atoms with E-state index in [0.29, 0.717) is 10.6 Å². The zero-order valence-corrected chi connectivity index (χ0v) is 14.9. The molecule has 0 aliphatic heterocycles. The van der Waals surface area contributed by atoms with E-state index in [0.717, 1.165) is 25.7 Å². The van der Waals surface area contributed by atoms with Crippen LogP contribution in [0.15, 0.2) is 29.2 Å². The Morgan fingerprint density at radius 2 is 1.88 bits per heavy atom. The number of carbonyl (C=O) groups is 3. The monoisotopic (exact) mass is 366 g/mol. The summed E-state index contributed by atoms with van der Waals surface area (Å²) in [7, 11) is -1.31. The number of rotatable bonds is 6. The lowest BCUT2D eigenvalue weighted by molar-refractivity contribution is -0.123. The molecule has 7 nitrogen and oxygen atoms in total. The van der Waals surface area contributed by atoms with E-state index in [1.165, 1.54) is 6.07 Å². The van der Waals surface area contributed by atoms with Crippen molar-refractivity contribution in [2.75, 3.05) is 12.4 Å². The molecule has 1 fully saturated rings. The third kappa shape index (κ3) is 5.67. The fourth-order valence-corrected chi connectivity index (χ4v) is 3.59. The van der Waals surface area contributed by atoms with E-state index in [1.807, 2.05) is 0 Å². The Morgan fingerprint density at radius 1 is 1.20 bits per heavy atom. The maximum absolute atomic E-state index is 12.1. The van der Waals surface area contributed by atoms with Gasteiger partial charge in [-0.1, -0.05) is 31.9 Å². The molecule has 1 aromatic carbocycles. The Balaban J connectivity index is 1.84. The number of amides is 3. The largest absolute Gasteiger partial charge is 0.452 e. The van der Waals surface area contributed by atoms with Crippen molar-refractivity contribution in [1.82, 2.24) is 10.6 Å². The molecular formula is C17H22N2O5S. The Kier molecular flexibility index (Phi) is 7.12. The number of esters is 1. The first-order chi connectivity index (χ1) is 12.0. The normalized spacial score (nSPS) is 15.4. The number of hydrogen-bond donors (Lipinski definition) is 2. The summed E-state index contributed by atoms with van der Waals surface area (Å²) in [6, 6.07) is 5.90. The number of ether oxygens (including phenoxy) is 1. The summed E-state index contributed by atoms with van der Waals surface area (Å²) in [4.78, 5) is 35.9. The Bertz CT molecular complexity index is 671. The number of hydrogen-bond acceptors (Lipinski definition) is 5. The van der Waals surface area contributed by atoms with Gasteiger partial charge in [-0.2, -0.15) is 0 Å². The van der Waals surface area contributed by atoms with Gasteiger partial charge in [-0.15, -0.1) is 0 Å². The van der Waals surface area contributed by atoms with Gasteiger partial charge in [0.15, 0.2) is 6.61 Å². The van der Waals surface area contributed by atoms with Crippen LogP contribution in [0.3, 0.4) is 0 Å². The van der Waals surface area contributed by atoms with Gasteiger partial charge in [0.1, 0.15) is 0 Å². The molecule has 25 heavy (non-hydrogen) atoms. The lowest BCUT2D eigenvalue weighted by Crippen LogP contribution is -2.45. The zero-order valence-electron chi connectivity index (χ0n) is 14.1. The predicted octanol–water partition coefficient (Wildman–Crippen LogP) is 1.74. The Morgan fingerprint density at radius 3 is 2.56 bits per heavy atom. The maximum atomic E-state index is 12.1. The molecule has 0 unspecified atom stereocenters. The molecule has 0 aromatic heterocycles. The van der Waals surface area contributed by atoms with Gasteiger partial charge in [-0.3, -0.25) is 14.3 Å². The van der Waals surface area contributed by atoms with Gasteiger partial charge in [0.2, 0.25) is 0 Å². The van der Waals surface area contributed by atoms with Crippen molar-refractivity contribution in [2.45, 2.75) is 43.5 Å². The van der Waals surface area contributed by atoms with Gasteiger partial charge in [-0.25, -0.2) is 9.59 Å². The predicted molar refractivity (Wildman–Crippen MR) is 92.6 cm³/mol. The van der Waals surface area contributed by atoms with Crippen LogP contribution in [0.25, 0.3) is 0 Å². The van der Waals surface area contributed by atoms with E-state index in [2.05, 4.69) is 10.6 Å². The zero-order chi connectivity index (χ0) is 18.2. The highest BCUT2D eigenvalue weighted by Gasteiger charge is 2.20. The molecule has 8 heteroatoms. The fourth-order valence-electron chi connectivity index (χ4n) is 2.65. The minimum absolute atomic E-state index is 0.0891. The molecular weight excluding hydrogens is 344 g/mol. The summed E-state index contributed by atoms with van der Waals surface area (Å²) >= 11 is 0. The van der Waals surface area contributed by atoms with Crippen LogP contribution in [0, 0.1) is 0 Å². The molecule has 136 valence electrons. The molecule has 2 N–H and O–H groups in total. The lowest BCUT2D eigenvalue weighted by atomic mass is 10.2. The van der Waals surface area contributed by atoms with Gasteiger partial charge in [0.05, 0.1) is 21.3 Å². The second kappa shape index (κ2) is 9.31. The Hall–Kier alpha value is -2.22. The Labute approximate surface area is 149 Å². The number of carbonyl (C=O) groups excluding carboxylic acids is 3. The molecule has 2 rings (SSSR count). The average Bonchev–Trinajstić information content (AvgIpc) is 3.11. The minimum Gasteiger partial charge on any atom is -0.452 e. The van der Waals surface area contributed by atoms with E-state index >= 15 is 0 Å². The standard InChI is InChI=1S/C17H22N2O5S/c1-2-25(23)14-10-6-5-9-13(14)16(21)24-11-15(20)19-17(22)18-12-7-3-4-8-12/h5-6,9-10,12H,2-4,7-8,11H2,1H3,(H2,18,19,20,22)/t25-/m1/s1. The fraction of sp³-hybridized carbons (Fsp3) is 0.471. The number of imide groups is 1. The van der Waals surface area contributed by atoms with E-state index in [-0.39, 0.29) is 11.6 Å². The maximum Gasteiger partial charge on any atom is 0.339 e. The van der Waals surface area contributed by atoms with Gasteiger partial charge >= 0.3 is 12.0 Å². The second-order valence-electron chi connectivity index (χ2n) is 5.71. The van der Waals surface area contributed by atoms with Crippen LogP contribution in [-0.4, -0.2) is 40.5 Å². The van der Waals surface area contributed by atoms with Gasteiger partial charge in [0, 0.05) is 11.8 Å². The molecule has 1 saturated carbocycles. The quantitative estimate of drug-likeness (QED) is 0.747. The molecule has 1 aromatic rings. The van der Waals surface area contributed by atoms with Crippen LogP contribution in [-0.2, 0) is 20.3 Å². The number of benzene rings is 1. The summed E-state index contributed by atoms with van der Waals surface area (Å²) in [6.07, 6.45) is 3.94. The molecule has 3 amide bonds. The van der Waals surface area contributed by atoms with Crippen molar-refractivity contribution in [1.29, 1.82) is 0 Å². The van der Waals surface area contributed by atoms with E-state index in [1.54, 1.807) is 25.1 Å². The first kappa shape index (κ1) is 19.1. The highest BCUT2D eigenvalue weighted by atomic mass is 32.2. The molecule has 0 saturated heterocycles. The first-order valence-corrected chi connectivity index (χ1v) is 9.58. The summed E-state index contributed by atoms with van der Waals surface area (Å²) in [5, 5.41) is 4.85. The molecule has 0 bridgehead atoms. The van der Waals surface area contributed by atoms with Crippen molar-refractivity contribution in [3.63, 3.8) is 0 Å². The van der Waals surface area contributed by atoms with Crippen molar-refractivity contribution < 1.29 is 23.3 Å². The molecule has 1 aliphatic carbocycles. The molecule has 1 aliphatic rings. The number of urea groups is 1. The van der Waals surface area contributed by atoms with Crippen molar-refractivity contribution in [3.8, 4) is 0 Å². The van der Waals surface area contributed by atoms with Crippen molar-refractivity contribution in [3.05, 3.63) is 29.8 Å². The molecule has 0 spiro atoms. The van der Waals surface area contributed by atoms with E-state index < -0.39 is 35.3 Å². The average molecular weight is 366 g/mol.